The largest absolute Gasteiger partial charge is 0.356 e. The van der Waals surface area contributed by atoms with Crippen molar-refractivity contribution < 1.29 is 13.2 Å². The number of unbranched alkanes of at least 4 members (excludes halogenated alkanes) is 3. The molecule has 0 spiro atoms. The van der Waals surface area contributed by atoms with Crippen LogP contribution < -0.4 is 5.32 Å². The Morgan fingerprint density at radius 3 is 2.38 bits per heavy atom. The molecule has 1 aromatic rings. The molecule has 0 aliphatic carbocycles. The second-order valence-electron chi connectivity index (χ2n) is 7.02. The fourth-order valence-corrected chi connectivity index (χ4v) is 4.73. The molecule has 0 atom stereocenters. The molecule has 0 radical (unpaired) electrons. The Balaban J connectivity index is 1.79. The van der Waals surface area contributed by atoms with E-state index in [0.29, 0.717) is 30.8 Å². The van der Waals surface area contributed by atoms with Crippen molar-refractivity contribution in [3.63, 3.8) is 0 Å². The first-order valence-electron chi connectivity index (χ1n) is 9.90. The van der Waals surface area contributed by atoms with E-state index in [4.69, 9.17) is 0 Å². The molecular formula is C20H32N2O3S. The number of rotatable bonds is 10. The Morgan fingerprint density at radius 1 is 1.04 bits per heavy atom. The molecular weight excluding hydrogens is 348 g/mol. The van der Waals surface area contributed by atoms with E-state index in [0.717, 1.165) is 44.2 Å². The summed E-state index contributed by atoms with van der Waals surface area (Å²) in [5.41, 5.74) is 0.990. The molecule has 1 amide bonds. The van der Waals surface area contributed by atoms with Crippen LogP contribution in [0.4, 0.5) is 0 Å². The maximum absolute atomic E-state index is 12.6. The molecule has 1 fully saturated rings. The Morgan fingerprint density at radius 2 is 1.73 bits per heavy atom. The smallest absolute Gasteiger partial charge is 0.243 e. The number of carbonyl (C=O) groups is 1. The van der Waals surface area contributed by atoms with Gasteiger partial charge in [-0.2, -0.15) is 4.31 Å². The van der Waals surface area contributed by atoms with Crippen LogP contribution >= 0.6 is 0 Å². The molecule has 2 rings (SSSR count). The van der Waals surface area contributed by atoms with Crippen molar-refractivity contribution in [1.82, 2.24) is 9.62 Å². The summed E-state index contributed by atoms with van der Waals surface area (Å²) in [6, 6.07) is 6.99. The number of sulfonamides is 1. The molecule has 26 heavy (non-hydrogen) atoms. The van der Waals surface area contributed by atoms with Crippen molar-refractivity contribution in [2.75, 3.05) is 19.6 Å². The van der Waals surface area contributed by atoms with Crippen molar-refractivity contribution in [2.45, 2.75) is 69.6 Å². The van der Waals surface area contributed by atoms with Crippen LogP contribution in [0.15, 0.2) is 29.2 Å². The summed E-state index contributed by atoms with van der Waals surface area (Å²) in [5.74, 6) is 0.0616. The molecule has 1 heterocycles. The van der Waals surface area contributed by atoms with Gasteiger partial charge in [0.25, 0.3) is 0 Å². The minimum atomic E-state index is -3.38. The summed E-state index contributed by atoms with van der Waals surface area (Å²) in [5, 5.41) is 2.95. The monoisotopic (exact) mass is 380 g/mol. The van der Waals surface area contributed by atoms with Gasteiger partial charge in [-0.05, 0) is 43.4 Å². The molecule has 1 saturated heterocycles. The lowest BCUT2D eigenvalue weighted by Crippen LogP contribution is -2.35. The molecule has 1 aliphatic heterocycles. The zero-order valence-corrected chi connectivity index (χ0v) is 16.7. The summed E-state index contributed by atoms with van der Waals surface area (Å²) >= 11 is 0. The van der Waals surface area contributed by atoms with Crippen LogP contribution in [0.25, 0.3) is 0 Å². The minimum Gasteiger partial charge on any atom is -0.356 e. The van der Waals surface area contributed by atoms with Crippen molar-refractivity contribution in [1.29, 1.82) is 0 Å². The van der Waals surface area contributed by atoms with Crippen LogP contribution in [0.3, 0.4) is 0 Å². The average Bonchev–Trinajstić information content (AvgIpc) is 2.67. The first-order chi connectivity index (χ1) is 12.5. The number of hydrogen-bond donors (Lipinski definition) is 1. The van der Waals surface area contributed by atoms with E-state index in [1.807, 2.05) is 12.1 Å². The lowest BCUT2D eigenvalue weighted by atomic mass is 10.1. The third-order valence-corrected chi connectivity index (χ3v) is 6.78. The number of amides is 1. The van der Waals surface area contributed by atoms with Crippen molar-refractivity contribution in [3.05, 3.63) is 29.8 Å². The van der Waals surface area contributed by atoms with E-state index in [2.05, 4.69) is 12.2 Å². The average molecular weight is 381 g/mol. The molecule has 0 unspecified atom stereocenters. The van der Waals surface area contributed by atoms with E-state index in [9.17, 15) is 13.2 Å². The van der Waals surface area contributed by atoms with E-state index in [-0.39, 0.29) is 5.91 Å². The van der Waals surface area contributed by atoms with Crippen LogP contribution in [0, 0.1) is 0 Å². The molecule has 0 bridgehead atoms. The van der Waals surface area contributed by atoms with Crippen LogP contribution in [0.2, 0.25) is 0 Å². The Labute approximate surface area is 158 Å². The third-order valence-electron chi connectivity index (χ3n) is 4.87. The highest BCUT2D eigenvalue weighted by Gasteiger charge is 2.25. The molecule has 5 nitrogen and oxygen atoms in total. The molecule has 6 heteroatoms. The normalized spacial score (nSPS) is 15.7. The summed E-state index contributed by atoms with van der Waals surface area (Å²) < 4.78 is 26.8. The predicted molar refractivity (Wildman–Crippen MR) is 105 cm³/mol. The van der Waals surface area contributed by atoms with Gasteiger partial charge in [0.1, 0.15) is 0 Å². The number of carbonyl (C=O) groups excluding carboxylic acids is 1. The summed E-state index contributed by atoms with van der Waals surface area (Å²) in [7, 11) is -3.38. The number of nitrogens with zero attached hydrogens (tertiary/aromatic N) is 1. The lowest BCUT2D eigenvalue weighted by molar-refractivity contribution is -0.121. The van der Waals surface area contributed by atoms with Crippen LogP contribution in [0.1, 0.15) is 63.9 Å². The highest BCUT2D eigenvalue weighted by atomic mass is 32.2. The van der Waals surface area contributed by atoms with Crippen molar-refractivity contribution in [2.24, 2.45) is 0 Å². The number of hydrogen-bond acceptors (Lipinski definition) is 3. The van der Waals surface area contributed by atoms with Crippen LogP contribution in [-0.2, 0) is 21.2 Å². The molecule has 1 aromatic carbocycles. The number of benzene rings is 1. The zero-order valence-electron chi connectivity index (χ0n) is 15.9. The molecule has 0 aromatic heterocycles. The van der Waals surface area contributed by atoms with Gasteiger partial charge in [0.15, 0.2) is 0 Å². The second-order valence-corrected chi connectivity index (χ2v) is 8.96. The number of piperidine rings is 1. The zero-order chi connectivity index (χ0) is 18.8. The highest BCUT2D eigenvalue weighted by molar-refractivity contribution is 7.89. The van der Waals surface area contributed by atoms with E-state index in [1.165, 1.54) is 12.8 Å². The van der Waals surface area contributed by atoms with E-state index < -0.39 is 10.0 Å². The van der Waals surface area contributed by atoms with Gasteiger partial charge >= 0.3 is 0 Å². The van der Waals surface area contributed by atoms with Crippen LogP contribution in [0.5, 0.6) is 0 Å². The van der Waals surface area contributed by atoms with E-state index in [1.54, 1.807) is 16.4 Å². The lowest BCUT2D eigenvalue weighted by Gasteiger charge is -2.25. The molecule has 0 saturated carbocycles. The van der Waals surface area contributed by atoms with Gasteiger partial charge in [-0.25, -0.2) is 8.42 Å². The molecule has 1 aliphatic rings. The SMILES string of the molecule is CCCCCCNC(=O)CCc1ccc(S(=O)(=O)N2CCCCC2)cc1. The third kappa shape index (κ3) is 6.40. The quantitative estimate of drug-likeness (QED) is 0.632. The minimum absolute atomic E-state index is 0.0616. The van der Waals surface area contributed by atoms with Gasteiger partial charge in [-0.3, -0.25) is 4.79 Å². The fourth-order valence-electron chi connectivity index (χ4n) is 3.21. The maximum atomic E-state index is 12.6. The molecule has 146 valence electrons. The van der Waals surface area contributed by atoms with Gasteiger partial charge in [-0.1, -0.05) is 44.7 Å². The van der Waals surface area contributed by atoms with Gasteiger partial charge in [0, 0.05) is 26.1 Å². The fraction of sp³-hybridized carbons (Fsp3) is 0.650. The number of aryl methyl sites for hydroxylation is 1. The Hall–Kier alpha value is -1.40. The topological polar surface area (TPSA) is 66.5 Å². The first kappa shape index (κ1) is 20.9. The van der Waals surface area contributed by atoms with Gasteiger partial charge < -0.3 is 5.32 Å². The first-order valence-corrected chi connectivity index (χ1v) is 11.3. The number of nitrogens with one attached hydrogen (secondary N) is 1. The Kier molecular flexibility index (Phi) is 8.59. The second kappa shape index (κ2) is 10.7. The van der Waals surface area contributed by atoms with Gasteiger partial charge in [0.2, 0.25) is 15.9 Å². The Bertz CT molecular complexity index is 650. The highest BCUT2D eigenvalue weighted by Crippen LogP contribution is 2.21. The summed E-state index contributed by atoms with van der Waals surface area (Å²) in [6.07, 6.45) is 8.63. The summed E-state index contributed by atoms with van der Waals surface area (Å²) in [6.45, 7) is 4.14. The maximum Gasteiger partial charge on any atom is 0.243 e. The summed E-state index contributed by atoms with van der Waals surface area (Å²) in [4.78, 5) is 12.2. The standard InChI is InChI=1S/C20H32N2O3S/c1-2-3-4-6-15-21-20(23)14-11-18-9-12-19(13-10-18)26(24,25)22-16-7-5-8-17-22/h9-10,12-13H,2-8,11,14-17H2,1H3,(H,21,23). The van der Waals surface area contributed by atoms with Gasteiger partial charge in [0.05, 0.1) is 4.90 Å². The van der Waals surface area contributed by atoms with Crippen LogP contribution in [-0.4, -0.2) is 38.3 Å². The predicted octanol–water partition coefficient (Wildman–Crippen LogP) is 3.49. The van der Waals surface area contributed by atoms with Gasteiger partial charge in [-0.15, -0.1) is 0 Å². The molecule has 1 N–H and O–H groups in total. The van der Waals surface area contributed by atoms with Crippen molar-refractivity contribution in [3.8, 4) is 0 Å². The van der Waals surface area contributed by atoms with E-state index >= 15 is 0 Å². The van der Waals surface area contributed by atoms with Crippen molar-refractivity contribution >= 4 is 15.9 Å².